The van der Waals surface area contributed by atoms with Crippen LogP contribution in [0.1, 0.15) is 10.4 Å². The van der Waals surface area contributed by atoms with Crippen LogP contribution in [0.3, 0.4) is 0 Å². The lowest BCUT2D eigenvalue weighted by Crippen LogP contribution is -2.02. The Bertz CT molecular complexity index is 630. The maximum Gasteiger partial charge on any atom is 0.339 e. The zero-order valence-corrected chi connectivity index (χ0v) is 10.9. The number of carboxylic acids is 1. The lowest BCUT2D eigenvalue weighted by atomic mass is 10.2. The number of hydrogen-bond donors (Lipinski definition) is 1. The van der Waals surface area contributed by atoms with Crippen molar-refractivity contribution in [2.45, 2.75) is 0 Å². The highest BCUT2D eigenvalue weighted by Crippen LogP contribution is 2.28. The number of aromatic nitrogens is 2. The first kappa shape index (κ1) is 13.6. The van der Waals surface area contributed by atoms with E-state index in [0.29, 0.717) is 11.6 Å². The van der Waals surface area contributed by atoms with Crippen molar-refractivity contribution in [2.75, 3.05) is 14.2 Å². The van der Waals surface area contributed by atoms with Crippen LogP contribution in [0, 0.1) is 0 Å². The van der Waals surface area contributed by atoms with Gasteiger partial charge in [0.25, 0.3) is 0 Å². The molecule has 0 fully saturated rings. The van der Waals surface area contributed by atoms with Crippen LogP contribution in [-0.2, 0) is 0 Å². The Hall–Kier alpha value is -2.83. The van der Waals surface area contributed by atoms with Crippen LogP contribution in [0.5, 0.6) is 23.4 Å². The van der Waals surface area contributed by atoms with E-state index in [-0.39, 0.29) is 17.3 Å². The van der Waals surface area contributed by atoms with E-state index in [1.165, 1.54) is 38.6 Å². The Morgan fingerprint density at radius 3 is 2.65 bits per heavy atom. The summed E-state index contributed by atoms with van der Waals surface area (Å²) in [6.07, 6.45) is 1.45. The molecule has 0 unspecified atom stereocenters. The van der Waals surface area contributed by atoms with Crippen LogP contribution in [0.15, 0.2) is 30.5 Å². The molecule has 20 heavy (non-hydrogen) atoms. The van der Waals surface area contributed by atoms with E-state index in [4.69, 9.17) is 19.3 Å². The highest BCUT2D eigenvalue weighted by atomic mass is 16.5. The predicted molar refractivity (Wildman–Crippen MR) is 68.6 cm³/mol. The number of carbonyl (C=O) groups is 1. The number of ether oxygens (including phenoxy) is 3. The molecule has 7 heteroatoms. The number of carboxylic acid groups (broad SMARTS) is 1. The van der Waals surface area contributed by atoms with Gasteiger partial charge in [-0.15, -0.1) is 0 Å². The molecule has 0 aliphatic heterocycles. The van der Waals surface area contributed by atoms with E-state index in [2.05, 4.69) is 9.97 Å². The Morgan fingerprint density at radius 2 is 2.00 bits per heavy atom. The van der Waals surface area contributed by atoms with E-state index < -0.39 is 5.97 Å². The standard InChI is InChI=1S/C13H12N2O5/c1-18-8-3-4-9(12(16)17)10(7-8)20-13-14-6-5-11(15-13)19-2/h3-7H,1-2H3,(H,16,17). The number of benzene rings is 1. The van der Waals surface area contributed by atoms with E-state index in [1.54, 1.807) is 6.07 Å². The summed E-state index contributed by atoms with van der Waals surface area (Å²) in [5.41, 5.74) is -0.0165. The second kappa shape index (κ2) is 5.87. The van der Waals surface area contributed by atoms with Crippen molar-refractivity contribution in [1.82, 2.24) is 9.97 Å². The van der Waals surface area contributed by atoms with Gasteiger partial charge in [-0.25, -0.2) is 9.78 Å². The lowest BCUT2D eigenvalue weighted by Gasteiger charge is -2.09. The maximum absolute atomic E-state index is 11.1. The monoisotopic (exact) mass is 276 g/mol. The molecule has 2 rings (SSSR count). The fourth-order valence-corrected chi connectivity index (χ4v) is 1.48. The van der Waals surface area contributed by atoms with Crippen LogP contribution in [0.4, 0.5) is 0 Å². The SMILES string of the molecule is COc1ccc(C(=O)O)c(Oc2nccc(OC)n2)c1. The summed E-state index contributed by atoms with van der Waals surface area (Å²) < 4.78 is 15.4. The predicted octanol–water partition coefficient (Wildman–Crippen LogP) is 1.98. The van der Waals surface area contributed by atoms with E-state index in [1.807, 2.05) is 0 Å². The number of methoxy groups -OCH3 is 2. The highest BCUT2D eigenvalue weighted by molar-refractivity contribution is 5.91. The van der Waals surface area contributed by atoms with Crippen molar-refractivity contribution >= 4 is 5.97 Å². The molecule has 0 atom stereocenters. The zero-order chi connectivity index (χ0) is 14.5. The molecule has 0 bridgehead atoms. The fraction of sp³-hybridized carbons (Fsp3) is 0.154. The average molecular weight is 276 g/mol. The van der Waals surface area contributed by atoms with Crippen LogP contribution in [0.25, 0.3) is 0 Å². The molecule has 104 valence electrons. The first-order valence-electron chi connectivity index (χ1n) is 5.60. The second-order valence-electron chi connectivity index (χ2n) is 3.65. The van der Waals surface area contributed by atoms with E-state index in [0.717, 1.165) is 0 Å². The van der Waals surface area contributed by atoms with Gasteiger partial charge in [0.2, 0.25) is 5.88 Å². The molecule has 0 saturated heterocycles. The summed E-state index contributed by atoms with van der Waals surface area (Å²) in [4.78, 5) is 19.0. The quantitative estimate of drug-likeness (QED) is 0.892. The summed E-state index contributed by atoms with van der Waals surface area (Å²) in [5.74, 6) is -0.252. The Kier molecular flexibility index (Phi) is 3.99. The molecular weight excluding hydrogens is 264 g/mol. The number of hydrogen-bond acceptors (Lipinski definition) is 6. The van der Waals surface area contributed by atoms with Crippen molar-refractivity contribution in [2.24, 2.45) is 0 Å². The van der Waals surface area contributed by atoms with Gasteiger partial charge in [-0.3, -0.25) is 0 Å². The summed E-state index contributed by atoms with van der Waals surface area (Å²) in [6.45, 7) is 0. The third-order valence-corrected chi connectivity index (χ3v) is 2.44. The van der Waals surface area contributed by atoms with Crippen LogP contribution < -0.4 is 14.2 Å². The molecule has 1 aromatic carbocycles. The largest absolute Gasteiger partial charge is 0.497 e. The molecule has 0 spiro atoms. The van der Waals surface area contributed by atoms with Crippen LogP contribution in [-0.4, -0.2) is 35.3 Å². The fourth-order valence-electron chi connectivity index (χ4n) is 1.48. The third-order valence-electron chi connectivity index (χ3n) is 2.44. The molecular formula is C13H12N2O5. The number of aromatic carboxylic acids is 1. The summed E-state index contributed by atoms with van der Waals surface area (Å²) in [7, 11) is 2.93. The van der Waals surface area contributed by atoms with Crippen molar-refractivity contribution in [3.05, 3.63) is 36.0 Å². The van der Waals surface area contributed by atoms with Gasteiger partial charge in [0, 0.05) is 18.3 Å². The molecule has 2 aromatic rings. The summed E-state index contributed by atoms with van der Waals surface area (Å²) in [5, 5.41) is 9.12. The minimum atomic E-state index is -1.12. The van der Waals surface area contributed by atoms with Crippen molar-refractivity contribution in [3.63, 3.8) is 0 Å². The van der Waals surface area contributed by atoms with Crippen molar-refractivity contribution < 1.29 is 24.1 Å². The van der Waals surface area contributed by atoms with Crippen molar-refractivity contribution in [1.29, 1.82) is 0 Å². The zero-order valence-electron chi connectivity index (χ0n) is 10.9. The first-order chi connectivity index (χ1) is 9.63. The number of rotatable bonds is 5. The molecule has 0 saturated carbocycles. The highest BCUT2D eigenvalue weighted by Gasteiger charge is 2.14. The Morgan fingerprint density at radius 1 is 1.20 bits per heavy atom. The topological polar surface area (TPSA) is 90.8 Å². The van der Waals surface area contributed by atoms with Gasteiger partial charge in [-0.1, -0.05) is 0 Å². The van der Waals surface area contributed by atoms with E-state index in [9.17, 15) is 4.79 Å². The number of nitrogens with zero attached hydrogens (tertiary/aromatic N) is 2. The Labute approximate surface area is 114 Å². The molecule has 0 aliphatic rings. The van der Waals surface area contributed by atoms with Crippen LogP contribution in [0.2, 0.25) is 0 Å². The second-order valence-corrected chi connectivity index (χ2v) is 3.65. The van der Waals surface area contributed by atoms with Gasteiger partial charge >= 0.3 is 12.0 Å². The van der Waals surface area contributed by atoms with E-state index >= 15 is 0 Å². The lowest BCUT2D eigenvalue weighted by molar-refractivity contribution is 0.0694. The molecule has 0 radical (unpaired) electrons. The van der Waals surface area contributed by atoms with Gasteiger partial charge < -0.3 is 19.3 Å². The maximum atomic E-state index is 11.1. The molecule has 1 N–H and O–H groups in total. The normalized spacial score (nSPS) is 9.90. The Balaban J connectivity index is 2.37. The minimum Gasteiger partial charge on any atom is -0.497 e. The molecule has 0 amide bonds. The van der Waals surface area contributed by atoms with Crippen LogP contribution >= 0.6 is 0 Å². The molecule has 1 heterocycles. The first-order valence-corrected chi connectivity index (χ1v) is 5.60. The van der Waals surface area contributed by atoms with Gasteiger partial charge in [-0.05, 0) is 12.1 Å². The molecule has 7 nitrogen and oxygen atoms in total. The van der Waals surface area contributed by atoms with Gasteiger partial charge in [0.15, 0.2) is 0 Å². The van der Waals surface area contributed by atoms with Gasteiger partial charge in [-0.2, -0.15) is 4.98 Å². The molecule has 1 aromatic heterocycles. The van der Waals surface area contributed by atoms with Gasteiger partial charge in [0.1, 0.15) is 17.1 Å². The smallest absolute Gasteiger partial charge is 0.339 e. The summed E-state index contributed by atoms with van der Waals surface area (Å²) >= 11 is 0. The van der Waals surface area contributed by atoms with Gasteiger partial charge in [0.05, 0.1) is 14.2 Å². The summed E-state index contributed by atoms with van der Waals surface area (Å²) in [6, 6.07) is 5.91. The van der Waals surface area contributed by atoms with Crippen molar-refractivity contribution in [3.8, 4) is 23.4 Å². The third kappa shape index (κ3) is 2.94. The minimum absolute atomic E-state index is 0.0138. The molecule has 0 aliphatic carbocycles. The average Bonchev–Trinajstić information content (AvgIpc) is 2.47.